The Morgan fingerprint density at radius 3 is 2.90 bits per heavy atom. The van der Waals surface area contributed by atoms with Gasteiger partial charge in [0.05, 0.1) is 17.3 Å². The minimum absolute atomic E-state index is 0.122. The van der Waals surface area contributed by atoms with E-state index in [1.54, 1.807) is 31.5 Å². The molecule has 2 aromatic heterocycles. The van der Waals surface area contributed by atoms with Crippen LogP contribution in [0.3, 0.4) is 0 Å². The van der Waals surface area contributed by atoms with Gasteiger partial charge in [0, 0.05) is 37.0 Å². The average molecular weight is 431 g/mol. The van der Waals surface area contributed by atoms with Gasteiger partial charge in [-0.05, 0) is 49.8 Å². The van der Waals surface area contributed by atoms with Crippen LogP contribution in [0, 0.1) is 18.8 Å². The normalized spacial score (nSPS) is 27.9. The van der Waals surface area contributed by atoms with Gasteiger partial charge >= 0.3 is 0 Å². The number of hydrogen-bond donors (Lipinski definition) is 1. The predicted molar refractivity (Wildman–Crippen MR) is 110 cm³/mol. The first kappa shape index (κ1) is 19.0. The van der Waals surface area contributed by atoms with Crippen molar-refractivity contribution < 1.29 is 13.5 Å². The van der Waals surface area contributed by atoms with Gasteiger partial charge in [-0.25, -0.2) is 8.42 Å². The minimum atomic E-state index is -3.75. The molecule has 0 radical (unpaired) electrons. The number of fused-ring (bicyclic) bond motifs is 2. The van der Waals surface area contributed by atoms with Gasteiger partial charge in [0.15, 0.2) is 0 Å². The van der Waals surface area contributed by atoms with Crippen LogP contribution in [0.1, 0.15) is 30.4 Å². The molecule has 7 nitrogen and oxygen atoms in total. The first-order valence-electron chi connectivity index (χ1n) is 9.76. The number of aryl methyl sites for hydroxylation is 1. The number of nitrogens with zero attached hydrogens (tertiary/aromatic N) is 4. The van der Waals surface area contributed by atoms with Gasteiger partial charge in [0.1, 0.15) is 15.9 Å². The van der Waals surface area contributed by atoms with E-state index in [2.05, 4.69) is 13.7 Å². The molecule has 2 aliphatic rings. The largest absolute Gasteiger partial charge is 0.385 e. The highest BCUT2D eigenvalue weighted by atomic mass is 32.2. The van der Waals surface area contributed by atoms with Crippen molar-refractivity contribution >= 4 is 32.8 Å². The Balaban J connectivity index is 1.54. The number of aliphatic hydroxyl groups is 1. The Bertz CT molecular complexity index is 1160. The van der Waals surface area contributed by atoms with E-state index >= 15 is 0 Å². The van der Waals surface area contributed by atoms with Crippen LogP contribution in [0.15, 0.2) is 41.6 Å². The lowest BCUT2D eigenvalue weighted by Crippen LogP contribution is -2.43. The SMILES string of the molecule is Cc1ccc2nsnc2c1S(=O)(=O)N1C[C@@H]2CCC[C@](O)(c3cccnc3)[C@@H]2C1. The second kappa shape index (κ2) is 6.80. The van der Waals surface area contributed by atoms with E-state index < -0.39 is 15.6 Å². The van der Waals surface area contributed by atoms with Crippen molar-refractivity contribution in [1.29, 1.82) is 0 Å². The van der Waals surface area contributed by atoms with Gasteiger partial charge in [-0.2, -0.15) is 13.1 Å². The predicted octanol–water partition coefficient (Wildman–Crippen LogP) is 2.70. The maximum absolute atomic E-state index is 13.6. The third kappa shape index (κ3) is 2.91. The number of aromatic nitrogens is 3. The van der Waals surface area contributed by atoms with Crippen LogP contribution in [0.5, 0.6) is 0 Å². The van der Waals surface area contributed by atoms with Crippen LogP contribution in [-0.2, 0) is 15.6 Å². The molecule has 0 bridgehead atoms. The fraction of sp³-hybridized carbons (Fsp3) is 0.450. The summed E-state index contributed by atoms with van der Waals surface area (Å²) in [5, 5.41) is 11.6. The molecule has 1 aliphatic heterocycles. The van der Waals surface area contributed by atoms with E-state index in [1.165, 1.54) is 4.31 Å². The Morgan fingerprint density at radius 2 is 2.10 bits per heavy atom. The lowest BCUT2D eigenvalue weighted by molar-refractivity contribution is -0.0643. The minimum Gasteiger partial charge on any atom is -0.385 e. The molecule has 1 N–H and O–H groups in total. The Kier molecular flexibility index (Phi) is 4.47. The van der Waals surface area contributed by atoms with Crippen LogP contribution >= 0.6 is 11.7 Å². The first-order chi connectivity index (χ1) is 13.9. The van der Waals surface area contributed by atoms with E-state index in [1.807, 2.05) is 12.1 Å². The maximum atomic E-state index is 13.6. The fourth-order valence-electron chi connectivity index (χ4n) is 5.04. The van der Waals surface area contributed by atoms with Gasteiger partial charge in [0.2, 0.25) is 10.0 Å². The number of benzene rings is 1. The molecule has 29 heavy (non-hydrogen) atoms. The van der Waals surface area contributed by atoms with Gasteiger partial charge in [-0.1, -0.05) is 12.1 Å². The smallest absolute Gasteiger partial charge is 0.245 e. The lowest BCUT2D eigenvalue weighted by atomic mass is 9.68. The topological polar surface area (TPSA) is 96.3 Å². The van der Waals surface area contributed by atoms with Crippen molar-refractivity contribution in [2.24, 2.45) is 11.8 Å². The zero-order valence-corrected chi connectivity index (χ0v) is 17.7. The Morgan fingerprint density at radius 1 is 1.24 bits per heavy atom. The summed E-state index contributed by atoms with van der Waals surface area (Å²) in [6, 6.07) is 7.29. The highest BCUT2D eigenvalue weighted by Gasteiger charge is 2.52. The second-order valence-electron chi connectivity index (χ2n) is 8.09. The summed E-state index contributed by atoms with van der Waals surface area (Å²) >= 11 is 1.02. The molecule has 1 saturated heterocycles. The van der Waals surface area contributed by atoms with E-state index in [-0.39, 0.29) is 16.7 Å². The summed E-state index contributed by atoms with van der Waals surface area (Å²) in [6.45, 7) is 2.51. The number of rotatable bonds is 3. The summed E-state index contributed by atoms with van der Waals surface area (Å²) in [5.74, 6) is -0.0277. The monoisotopic (exact) mass is 430 g/mol. The number of sulfonamides is 1. The molecule has 1 saturated carbocycles. The molecule has 3 aromatic rings. The van der Waals surface area contributed by atoms with Crippen LogP contribution in [0.25, 0.3) is 11.0 Å². The third-order valence-electron chi connectivity index (χ3n) is 6.49. The van der Waals surface area contributed by atoms with Crippen molar-refractivity contribution in [2.75, 3.05) is 13.1 Å². The van der Waals surface area contributed by atoms with Gasteiger partial charge in [0.25, 0.3) is 0 Å². The first-order valence-corrected chi connectivity index (χ1v) is 11.9. The Hall–Kier alpha value is -1.94. The molecular weight excluding hydrogens is 408 g/mol. The van der Waals surface area contributed by atoms with Gasteiger partial charge < -0.3 is 5.11 Å². The second-order valence-corrected chi connectivity index (χ2v) is 10.5. The molecule has 0 unspecified atom stereocenters. The summed E-state index contributed by atoms with van der Waals surface area (Å²) < 4.78 is 37.2. The van der Waals surface area contributed by atoms with E-state index in [4.69, 9.17) is 0 Å². The summed E-state index contributed by atoms with van der Waals surface area (Å²) in [5.41, 5.74) is 1.43. The van der Waals surface area contributed by atoms with Crippen LogP contribution < -0.4 is 0 Å². The molecule has 0 amide bonds. The standard InChI is InChI=1S/C20H22N4O3S2/c1-13-6-7-17-18(23-28-22-17)19(13)29(26,27)24-11-14-4-2-8-20(25,16(14)12-24)15-5-3-9-21-10-15/h3,5-7,9-10,14,16,25H,2,4,8,11-12H2,1H3/t14-,16+,20-/m0/s1. The van der Waals surface area contributed by atoms with E-state index in [0.717, 1.165) is 30.1 Å². The van der Waals surface area contributed by atoms with Crippen LogP contribution in [-0.4, -0.2) is 44.7 Å². The maximum Gasteiger partial charge on any atom is 0.245 e. The third-order valence-corrected chi connectivity index (χ3v) is 9.04. The van der Waals surface area contributed by atoms with E-state index in [9.17, 15) is 13.5 Å². The molecule has 3 atom stereocenters. The summed E-state index contributed by atoms with van der Waals surface area (Å²) in [7, 11) is -3.75. The van der Waals surface area contributed by atoms with Gasteiger partial charge in [-0.3, -0.25) is 4.98 Å². The molecule has 1 aromatic carbocycles. The molecule has 5 rings (SSSR count). The van der Waals surface area contributed by atoms with Crippen molar-refractivity contribution in [3.63, 3.8) is 0 Å². The number of hydrogen-bond acceptors (Lipinski definition) is 7. The molecule has 9 heteroatoms. The lowest BCUT2D eigenvalue weighted by Gasteiger charge is -2.41. The summed E-state index contributed by atoms with van der Waals surface area (Å²) in [4.78, 5) is 4.41. The van der Waals surface area contributed by atoms with Crippen molar-refractivity contribution in [3.05, 3.63) is 47.8 Å². The average Bonchev–Trinajstić information content (AvgIpc) is 3.36. The highest BCUT2D eigenvalue weighted by molar-refractivity contribution is 7.89. The molecule has 0 spiro atoms. The summed E-state index contributed by atoms with van der Waals surface area (Å²) in [6.07, 6.45) is 5.79. The fourth-order valence-corrected chi connectivity index (χ4v) is 7.51. The van der Waals surface area contributed by atoms with E-state index in [0.29, 0.717) is 36.1 Å². The molecule has 3 heterocycles. The van der Waals surface area contributed by atoms with Crippen LogP contribution in [0.4, 0.5) is 0 Å². The highest BCUT2D eigenvalue weighted by Crippen LogP contribution is 2.49. The van der Waals surface area contributed by atoms with Gasteiger partial charge in [-0.15, -0.1) is 0 Å². The molecule has 2 fully saturated rings. The molecule has 1 aliphatic carbocycles. The Labute approximate surface area is 173 Å². The van der Waals surface area contributed by atoms with Crippen molar-refractivity contribution in [2.45, 2.75) is 36.7 Å². The molecule has 152 valence electrons. The number of pyridine rings is 1. The quantitative estimate of drug-likeness (QED) is 0.686. The molecular formula is C20H22N4O3S2. The van der Waals surface area contributed by atoms with Crippen molar-refractivity contribution in [3.8, 4) is 0 Å². The zero-order chi connectivity index (χ0) is 20.2. The van der Waals surface area contributed by atoms with Crippen LogP contribution in [0.2, 0.25) is 0 Å². The van der Waals surface area contributed by atoms with Crippen molar-refractivity contribution in [1.82, 2.24) is 18.0 Å². The zero-order valence-electron chi connectivity index (χ0n) is 16.0.